The molecule has 0 radical (unpaired) electrons. The number of ether oxygens (including phenoxy) is 1. The molecule has 1 aliphatic rings. The molecule has 0 spiro atoms. The second kappa shape index (κ2) is 7.90. The Balaban J connectivity index is 1.67. The highest BCUT2D eigenvalue weighted by atomic mass is 16.5. The van der Waals surface area contributed by atoms with Crippen molar-refractivity contribution >= 4 is 18.0 Å². The molecule has 0 aromatic heterocycles. The fraction of sp³-hybridized carbons (Fsp3) is 0.250. The molecule has 7 nitrogen and oxygen atoms in total. The highest BCUT2D eigenvalue weighted by Gasteiger charge is 2.29. The van der Waals surface area contributed by atoms with E-state index in [2.05, 4.69) is 10.6 Å². The maximum Gasteiger partial charge on any atom is 0.407 e. The molecule has 7 heteroatoms. The molecule has 3 rings (SSSR count). The number of hydrogen-bond acceptors (Lipinski definition) is 4. The third kappa shape index (κ3) is 4.08. The summed E-state index contributed by atoms with van der Waals surface area (Å²) in [7, 11) is 0. The molecule has 0 aliphatic heterocycles. The maximum absolute atomic E-state index is 12.1. The number of carbonyl (C=O) groups is 3. The lowest BCUT2D eigenvalue weighted by molar-refractivity contribution is -0.139. The van der Waals surface area contributed by atoms with Gasteiger partial charge in [0.25, 0.3) is 0 Å². The summed E-state index contributed by atoms with van der Waals surface area (Å²) in [6.07, 6.45) is -0.838. The van der Waals surface area contributed by atoms with Crippen LogP contribution >= 0.6 is 0 Å². The Morgan fingerprint density at radius 1 is 1.04 bits per heavy atom. The minimum atomic E-state index is -1.26. The third-order valence-electron chi connectivity index (χ3n) is 4.49. The minimum Gasteiger partial charge on any atom is -0.480 e. The van der Waals surface area contributed by atoms with E-state index >= 15 is 0 Å². The summed E-state index contributed by atoms with van der Waals surface area (Å²) in [5, 5.41) is 13.8. The summed E-state index contributed by atoms with van der Waals surface area (Å²) in [4.78, 5) is 34.2. The fourth-order valence-electron chi connectivity index (χ4n) is 3.23. The van der Waals surface area contributed by atoms with E-state index in [1.54, 1.807) is 0 Å². The normalized spacial score (nSPS) is 13.2. The first-order valence-electron chi connectivity index (χ1n) is 8.56. The molecule has 2 aromatic rings. The standard InChI is InChI=1S/C20H20N2O5/c1-12(23)21-10-18(19(24)25)22-20(26)27-11-17-15-8-4-2-6-13(15)14-7-3-5-9-16(14)17/h2-9,17-18H,10-11H2,1H3,(H,21,23)(H,22,26)(H,24,25)/t18-/m1/s1. The van der Waals surface area contributed by atoms with Crippen LogP contribution in [0.15, 0.2) is 48.5 Å². The van der Waals surface area contributed by atoms with Crippen molar-refractivity contribution in [3.63, 3.8) is 0 Å². The van der Waals surface area contributed by atoms with Crippen molar-refractivity contribution in [2.75, 3.05) is 13.2 Å². The number of benzene rings is 2. The summed E-state index contributed by atoms with van der Waals surface area (Å²) >= 11 is 0. The van der Waals surface area contributed by atoms with Gasteiger partial charge in [0.2, 0.25) is 5.91 Å². The Labute approximate surface area is 156 Å². The molecule has 0 saturated carbocycles. The number of hydrogen-bond donors (Lipinski definition) is 3. The average molecular weight is 368 g/mol. The van der Waals surface area contributed by atoms with Gasteiger partial charge >= 0.3 is 12.1 Å². The van der Waals surface area contributed by atoms with Gasteiger partial charge in [-0.15, -0.1) is 0 Å². The molecule has 0 bridgehead atoms. The number of carboxylic acids is 1. The number of carboxylic acid groups (broad SMARTS) is 1. The smallest absolute Gasteiger partial charge is 0.407 e. The minimum absolute atomic E-state index is 0.0896. The van der Waals surface area contributed by atoms with Crippen molar-refractivity contribution in [2.45, 2.75) is 18.9 Å². The van der Waals surface area contributed by atoms with Crippen LogP contribution in [0.3, 0.4) is 0 Å². The van der Waals surface area contributed by atoms with Gasteiger partial charge in [0.05, 0.1) is 0 Å². The number of aliphatic carboxylic acids is 1. The Bertz CT molecular complexity index is 835. The van der Waals surface area contributed by atoms with E-state index in [0.717, 1.165) is 22.3 Å². The number of fused-ring (bicyclic) bond motifs is 3. The Morgan fingerprint density at radius 3 is 2.11 bits per heavy atom. The van der Waals surface area contributed by atoms with Crippen LogP contribution in [0.25, 0.3) is 11.1 Å². The van der Waals surface area contributed by atoms with E-state index in [1.165, 1.54) is 6.92 Å². The molecule has 0 heterocycles. The monoisotopic (exact) mass is 368 g/mol. The first kappa shape index (κ1) is 18.4. The molecule has 0 saturated heterocycles. The number of rotatable bonds is 6. The van der Waals surface area contributed by atoms with Gasteiger partial charge in [0.15, 0.2) is 0 Å². The van der Waals surface area contributed by atoms with Crippen LogP contribution in [0.4, 0.5) is 4.79 Å². The quantitative estimate of drug-likeness (QED) is 0.724. The van der Waals surface area contributed by atoms with Crippen LogP contribution in [0.5, 0.6) is 0 Å². The van der Waals surface area contributed by atoms with Crippen LogP contribution in [-0.4, -0.2) is 42.3 Å². The van der Waals surface area contributed by atoms with Crippen LogP contribution in [0.2, 0.25) is 0 Å². The average Bonchev–Trinajstić information content (AvgIpc) is 2.97. The summed E-state index contributed by atoms with van der Waals surface area (Å²) in [5.74, 6) is -1.74. The van der Waals surface area contributed by atoms with Gasteiger partial charge in [-0.3, -0.25) is 4.79 Å². The van der Waals surface area contributed by atoms with Crippen LogP contribution in [0, 0.1) is 0 Å². The summed E-state index contributed by atoms with van der Waals surface area (Å²) < 4.78 is 5.30. The van der Waals surface area contributed by atoms with Gasteiger partial charge in [0.1, 0.15) is 12.6 Å². The van der Waals surface area contributed by atoms with Gasteiger partial charge in [-0.05, 0) is 22.3 Å². The molecule has 2 amide bonds. The molecule has 27 heavy (non-hydrogen) atoms. The molecule has 1 aliphatic carbocycles. The van der Waals surface area contributed by atoms with Crippen LogP contribution < -0.4 is 10.6 Å². The lowest BCUT2D eigenvalue weighted by Crippen LogP contribution is -2.48. The third-order valence-corrected chi connectivity index (χ3v) is 4.49. The predicted molar refractivity (Wildman–Crippen MR) is 98.3 cm³/mol. The first-order valence-corrected chi connectivity index (χ1v) is 8.56. The van der Waals surface area contributed by atoms with E-state index in [4.69, 9.17) is 9.84 Å². The lowest BCUT2D eigenvalue weighted by Gasteiger charge is -2.17. The van der Waals surface area contributed by atoms with Gasteiger partial charge in [-0.25, -0.2) is 9.59 Å². The second-order valence-corrected chi connectivity index (χ2v) is 6.30. The van der Waals surface area contributed by atoms with E-state index < -0.39 is 18.1 Å². The molecule has 140 valence electrons. The zero-order valence-electron chi connectivity index (χ0n) is 14.8. The van der Waals surface area contributed by atoms with Crippen LogP contribution in [-0.2, 0) is 14.3 Å². The molecular weight excluding hydrogens is 348 g/mol. The molecule has 0 unspecified atom stereocenters. The highest BCUT2D eigenvalue weighted by Crippen LogP contribution is 2.44. The first-order chi connectivity index (χ1) is 13.0. The largest absolute Gasteiger partial charge is 0.480 e. The van der Waals surface area contributed by atoms with Crippen molar-refractivity contribution in [1.82, 2.24) is 10.6 Å². The van der Waals surface area contributed by atoms with Gasteiger partial charge < -0.3 is 20.5 Å². The molecule has 0 fully saturated rings. The van der Waals surface area contributed by atoms with Gasteiger partial charge in [0, 0.05) is 19.4 Å². The van der Waals surface area contributed by atoms with Gasteiger partial charge in [-0.2, -0.15) is 0 Å². The highest BCUT2D eigenvalue weighted by molar-refractivity contribution is 5.82. The molecule has 1 atom stereocenters. The van der Waals surface area contributed by atoms with Crippen molar-refractivity contribution in [1.29, 1.82) is 0 Å². The maximum atomic E-state index is 12.1. The molecular formula is C20H20N2O5. The van der Waals surface area contributed by atoms with E-state index in [0.29, 0.717) is 0 Å². The number of carbonyl (C=O) groups excluding carboxylic acids is 2. The zero-order chi connectivity index (χ0) is 19.4. The Hall–Kier alpha value is -3.35. The van der Waals surface area contributed by atoms with Crippen molar-refractivity contribution < 1.29 is 24.2 Å². The van der Waals surface area contributed by atoms with Crippen molar-refractivity contribution in [3.8, 4) is 11.1 Å². The van der Waals surface area contributed by atoms with E-state index in [-0.39, 0.29) is 25.0 Å². The second-order valence-electron chi connectivity index (χ2n) is 6.30. The zero-order valence-corrected chi connectivity index (χ0v) is 14.8. The van der Waals surface area contributed by atoms with Crippen molar-refractivity contribution in [2.24, 2.45) is 0 Å². The number of nitrogens with one attached hydrogen (secondary N) is 2. The Kier molecular flexibility index (Phi) is 5.40. The molecule has 3 N–H and O–H groups in total. The summed E-state index contributed by atoms with van der Waals surface area (Å²) in [6.45, 7) is 1.15. The summed E-state index contributed by atoms with van der Waals surface area (Å²) in [6, 6.07) is 14.6. The van der Waals surface area contributed by atoms with Crippen LogP contribution in [0.1, 0.15) is 24.0 Å². The SMILES string of the molecule is CC(=O)NC[C@@H](NC(=O)OCC1c2ccccc2-c2ccccc21)C(=O)O. The number of alkyl carbamates (subject to hydrolysis) is 1. The van der Waals surface area contributed by atoms with Crippen molar-refractivity contribution in [3.05, 3.63) is 59.7 Å². The summed E-state index contributed by atoms with van der Waals surface area (Å²) in [5.41, 5.74) is 4.35. The van der Waals surface area contributed by atoms with E-state index in [1.807, 2.05) is 48.5 Å². The topological polar surface area (TPSA) is 105 Å². The van der Waals surface area contributed by atoms with E-state index in [9.17, 15) is 14.4 Å². The number of amides is 2. The Morgan fingerprint density at radius 2 is 1.59 bits per heavy atom. The van der Waals surface area contributed by atoms with Gasteiger partial charge in [-0.1, -0.05) is 48.5 Å². The molecule has 2 aromatic carbocycles. The fourth-order valence-corrected chi connectivity index (χ4v) is 3.23. The lowest BCUT2D eigenvalue weighted by atomic mass is 9.98. The predicted octanol–water partition coefficient (Wildman–Crippen LogP) is 2.11.